The van der Waals surface area contributed by atoms with Crippen molar-refractivity contribution in [1.29, 1.82) is 0 Å². The molecule has 0 fully saturated rings. The SMILES string of the molecule is CC.CSc1nc2ccc(C)cc2s1. The van der Waals surface area contributed by atoms with E-state index in [1.807, 2.05) is 13.8 Å². The Hall–Kier alpha value is -0.540. The van der Waals surface area contributed by atoms with Gasteiger partial charge in [-0.25, -0.2) is 4.98 Å². The number of rotatable bonds is 1. The number of hydrogen-bond donors (Lipinski definition) is 0. The predicted octanol–water partition coefficient (Wildman–Crippen LogP) is 4.35. The fourth-order valence-electron chi connectivity index (χ4n) is 1.10. The molecule has 0 aliphatic rings. The minimum atomic E-state index is 1.12. The number of thioether (sulfide) groups is 1. The quantitative estimate of drug-likeness (QED) is 0.669. The van der Waals surface area contributed by atoms with Crippen molar-refractivity contribution in [3.63, 3.8) is 0 Å². The molecular formula is C11H15NS2. The van der Waals surface area contributed by atoms with E-state index in [1.165, 1.54) is 10.3 Å². The first-order valence-corrected chi connectivity index (χ1v) is 6.75. The molecule has 3 heteroatoms. The van der Waals surface area contributed by atoms with Crippen LogP contribution in [0.1, 0.15) is 19.4 Å². The van der Waals surface area contributed by atoms with E-state index in [1.54, 1.807) is 23.1 Å². The molecule has 1 aromatic heterocycles. The van der Waals surface area contributed by atoms with E-state index in [9.17, 15) is 0 Å². The van der Waals surface area contributed by atoms with E-state index < -0.39 is 0 Å². The van der Waals surface area contributed by atoms with Gasteiger partial charge in [-0.1, -0.05) is 31.7 Å². The molecule has 0 unspecified atom stereocenters. The normalized spacial score (nSPS) is 9.71. The van der Waals surface area contributed by atoms with Crippen molar-refractivity contribution < 1.29 is 0 Å². The molecule has 1 heterocycles. The first-order chi connectivity index (χ1) is 6.79. The van der Waals surface area contributed by atoms with Gasteiger partial charge in [0.15, 0.2) is 4.34 Å². The summed E-state index contributed by atoms with van der Waals surface area (Å²) in [4.78, 5) is 4.45. The minimum Gasteiger partial charge on any atom is -0.230 e. The van der Waals surface area contributed by atoms with Crippen LogP contribution in [0, 0.1) is 6.92 Å². The Bertz CT molecular complexity index is 407. The average molecular weight is 225 g/mol. The molecule has 0 saturated heterocycles. The molecule has 2 rings (SSSR count). The van der Waals surface area contributed by atoms with Crippen molar-refractivity contribution in [2.45, 2.75) is 25.1 Å². The third-order valence-electron chi connectivity index (χ3n) is 1.70. The second-order valence-corrected chi connectivity index (χ2v) is 4.74. The van der Waals surface area contributed by atoms with Gasteiger partial charge in [-0.05, 0) is 30.9 Å². The van der Waals surface area contributed by atoms with Crippen molar-refractivity contribution in [2.75, 3.05) is 6.26 Å². The van der Waals surface area contributed by atoms with Gasteiger partial charge in [0.1, 0.15) is 0 Å². The number of aromatic nitrogens is 1. The van der Waals surface area contributed by atoms with Gasteiger partial charge in [-0.2, -0.15) is 0 Å². The second-order valence-electron chi connectivity index (χ2n) is 2.66. The van der Waals surface area contributed by atoms with Crippen LogP contribution in [0.2, 0.25) is 0 Å². The van der Waals surface area contributed by atoms with Gasteiger partial charge >= 0.3 is 0 Å². The summed E-state index contributed by atoms with van der Waals surface area (Å²) in [5, 5.41) is 0. The lowest BCUT2D eigenvalue weighted by Gasteiger charge is -1.88. The highest BCUT2D eigenvalue weighted by Gasteiger charge is 2.01. The summed E-state index contributed by atoms with van der Waals surface area (Å²) >= 11 is 3.47. The molecule has 0 bridgehead atoms. The monoisotopic (exact) mass is 225 g/mol. The number of hydrogen-bond acceptors (Lipinski definition) is 3. The molecule has 0 N–H and O–H groups in total. The molecule has 1 aromatic carbocycles. The Kier molecular flexibility index (Phi) is 4.42. The smallest absolute Gasteiger partial charge is 0.150 e. The van der Waals surface area contributed by atoms with Crippen LogP contribution in [-0.4, -0.2) is 11.2 Å². The maximum absolute atomic E-state index is 4.45. The van der Waals surface area contributed by atoms with Crippen LogP contribution in [0.5, 0.6) is 0 Å². The summed E-state index contributed by atoms with van der Waals surface area (Å²) < 4.78 is 2.44. The summed E-state index contributed by atoms with van der Waals surface area (Å²) in [6, 6.07) is 6.37. The van der Waals surface area contributed by atoms with E-state index in [0.29, 0.717) is 0 Å². The topological polar surface area (TPSA) is 12.9 Å². The van der Waals surface area contributed by atoms with Gasteiger partial charge in [-0.3, -0.25) is 0 Å². The summed E-state index contributed by atoms with van der Waals surface area (Å²) in [5.41, 5.74) is 2.42. The fourth-order valence-corrected chi connectivity index (χ4v) is 2.69. The molecule has 1 nitrogen and oxygen atoms in total. The zero-order valence-electron chi connectivity index (χ0n) is 9.00. The van der Waals surface area contributed by atoms with Crippen LogP contribution in [0.3, 0.4) is 0 Å². The number of nitrogens with zero attached hydrogens (tertiary/aromatic N) is 1. The first-order valence-electron chi connectivity index (χ1n) is 4.71. The number of thiazole rings is 1. The summed E-state index contributed by atoms with van der Waals surface area (Å²) in [6.07, 6.45) is 2.06. The molecular weight excluding hydrogens is 210 g/mol. The maximum Gasteiger partial charge on any atom is 0.150 e. The molecule has 14 heavy (non-hydrogen) atoms. The van der Waals surface area contributed by atoms with E-state index in [-0.39, 0.29) is 0 Å². The van der Waals surface area contributed by atoms with Crippen LogP contribution in [0.25, 0.3) is 10.2 Å². The molecule has 0 atom stereocenters. The summed E-state index contributed by atoms with van der Waals surface area (Å²) in [7, 11) is 0. The predicted molar refractivity (Wildman–Crippen MR) is 67.5 cm³/mol. The summed E-state index contributed by atoms with van der Waals surface area (Å²) in [5.74, 6) is 0. The highest BCUT2D eigenvalue weighted by molar-refractivity contribution is 8.00. The lowest BCUT2D eigenvalue weighted by molar-refractivity contribution is 1.31. The zero-order valence-corrected chi connectivity index (χ0v) is 10.6. The molecule has 76 valence electrons. The van der Waals surface area contributed by atoms with Crippen LogP contribution in [-0.2, 0) is 0 Å². The molecule has 0 aliphatic heterocycles. The number of aryl methyl sites for hydroxylation is 1. The van der Waals surface area contributed by atoms with Gasteiger partial charge in [0.25, 0.3) is 0 Å². The van der Waals surface area contributed by atoms with Gasteiger partial charge < -0.3 is 0 Å². The van der Waals surface area contributed by atoms with E-state index >= 15 is 0 Å². The molecule has 0 saturated carbocycles. The Labute approximate surface area is 93.6 Å². The van der Waals surface area contributed by atoms with Crippen LogP contribution in [0.15, 0.2) is 22.5 Å². The van der Waals surface area contributed by atoms with Gasteiger partial charge in [0, 0.05) is 0 Å². The third kappa shape index (κ3) is 2.49. The van der Waals surface area contributed by atoms with Crippen molar-refractivity contribution in [3.8, 4) is 0 Å². The second kappa shape index (κ2) is 5.37. The summed E-state index contributed by atoms with van der Waals surface area (Å²) in [6.45, 7) is 6.11. The largest absolute Gasteiger partial charge is 0.230 e. The van der Waals surface area contributed by atoms with Gasteiger partial charge in [0.05, 0.1) is 10.2 Å². The highest BCUT2D eigenvalue weighted by atomic mass is 32.2. The van der Waals surface area contributed by atoms with Crippen molar-refractivity contribution in [3.05, 3.63) is 23.8 Å². The van der Waals surface area contributed by atoms with Crippen molar-refractivity contribution in [1.82, 2.24) is 4.98 Å². The fraction of sp³-hybridized carbons (Fsp3) is 0.364. The standard InChI is InChI=1S/C9H9NS2.C2H6/c1-6-3-4-7-8(5-6)12-9(10-7)11-2;1-2/h3-5H,1-2H3;1-2H3. The van der Waals surface area contributed by atoms with Crippen LogP contribution >= 0.6 is 23.1 Å². The average Bonchev–Trinajstić information content (AvgIpc) is 2.62. The molecule has 0 amide bonds. The molecule has 0 aliphatic carbocycles. The highest BCUT2D eigenvalue weighted by Crippen LogP contribution is 2.28. The Morgan fingerprint density at radius 3 is 2.64 bits per heavy atom. The Morgan fingerprint density at radius 2 is 2.00 bits per heavy atom. The number of benzene rings is 1. The lowest BCUT2D eigenvalue weighted by atomic mass is 10.2. The van der Waals surface area contributed by atoms with Crippen LogP contribution in [0.4, 0.5) is 0 Å². The lowest BCUT2D eigenvalue weighted by Crippen LogP contribution is -1.70. The maximum atomic E-state index is 4.45. The van der Waals surface area contributed by atoms with Gasteiger partial charge in [0.2, 0.25) is 0 Å². The molecule has 2 aromatic rings. The Balaban J connectivity index is 0.000000461. The molecule has 0 spiro atoms. The minimum absolute atomic E-state index is 1.12. The number of fused-ring (bicyclic) bond motifs is 1. The molecule has 0 radical (unpaired) electrons. The van der Waals surface area contributed by atoms with Crippen molar-refractivity contribution >= 4 is 33.3 Å². The van der Waals surface area contributed by atoms with E-state index in [0.717, 1.165) is 9.86 Å². The van der Waals surface area contributed by atoms with Crippen molar-refractivity contribution in [2.24, 2.45) is 0 Å². The third-order valence-corrected chi connectivity index (χ3v) is 3.70. The van der Waals surface area contributed by atoms with E-state index in [2.05, 4.69) is 36.4 Å². The zero-order chi connectivity index (χ0) is 10.6. The van der Waals surface area contributed by atoms with Gasteiger partial charge in [-0.15, -0.1) is 11.3 Å². The first kappa shape index (κ1) is 11.5. The van der Waals surface area contributed by atoms with Crippen LogP contribution < -0.4 is 0 Å². The Morgan fingerprint density at radius 1 is 1.29 bits per heavy atom. The van der Waals surface area contributed by atoms with E-state index in [4.69, 9.17) is 0 Å².